The van der Waals surface area contributed by atoms with Crippen molar-refractivity contribution in [3.8, 4) is 0 Å². The number of aromatic nitrogens is 1. The number of piperazine rings is 1. The Balaban J connectivity index is 0.00000280. The summed E-state index contributed by atoms with van der Waals surface area (Å²) in [7, 11) is 0. The molecule has 155 valence electrons. The first-order chi connectivity index (χ1) is 12.8. The number of benzene rings is 1. The molecular weight excluding hydrogens is 587 g/mol. The third-order valence-corrected chi connectivity index (χ3v) is 5.13. The van der Waals surface area contributed by atoms with E-state index in [-0.39, 0.29) is 27.1 Å². The third-order valence-electron chi connectivity index (χ3n) is 4.54. The van der Waals surface area contributed by atoms with Gasteiger partial charge in [-0.3, -0.25) is 0 Å². The maximum Gasteiger partial charge on any atom is 0.509 e. The van der Waals surface area contributed by atoms with E-state index in [2.05, 4.69) is 9.91 Å². The van der Waals surface area contributed by atoms with Gasteiger partial charge in [-0.05, 0) is 11.1 Å². The van der Waals surface area contributed by atoms with Gasteiger partial charge in [-0.2, -0.15) is 5.01 Å². The van der Waals surface area contributed by atoms with Crippen LogP contribution in [0.25, 0.3) is 12.2 Å². The Kier molecular flexibility index (Phi) is 8.60. The summed E-state index contributed by atoms with van der Waals surface area (Å²) in [5, 5.41) is 2.22. The fraction of sp³-hybridized carbons (Fsp3) is 0.278. The molecule has 0 N–H and O–H groups in total. The summed E-state index contributed by atoms with van der Waals surface area (Å²) in [6, 6.07) is 9.14. The van der Waals surface area contributed by atoms with Crippen LogP contribution in [0, 0.1) is 0 Å². The Morgan fingerprint density at radius 2 is 1.36 bits per heavy atom. The van der Waals surface area contributed by atoms with Gasteiger partial charge in [0.25, 0.3) is 0 Å². The molecule has 1 aliphatic heterocycles. The van der Waals surface area contributed by atoms with E-state index < -0.39 is 12.4 Å². The molecule has 0 aliphatic carbocycles. The van der Waals surface area contributed by atoms with Crippen LogP contribution in [0.15, 0.2) is 48.8 Å². The first kappa shape index (κ1) is 23.4. The minimum Gasteiger partial charge on any atom is -0.800 e. The van der Waals surface area contributed by atoms with Crippen LogP contribution >= 0.6 is 0 Å². The van der Waals surface area contributed by atoms with E-state index in [1.165, 1.54) is 12.1 Å². The van der Waals surface area contributed by atoms with Crippen molar-refractivity contribution in [3.63, 3.8) is 0 Å². The van der Waals surface area contributed by atoms with Gasteiger partial charge in [-0.15, -0.1) is 5.46 Å². The van der Waals surface area contributed by atoms with Crippen LogP contribution in [0.4, 0.5) is 12.9 Å². The Hall–Kier alpha value is -0.835. The molecule has 0 atom stereocenters. The van der Waals surface area contributed by atoms with Crippen molar-refractivity contribution in [1.29, 1.82) is 0 Å². The monoisotopic (exact) mass is 606 g/mol. The normalized spacial score (nSPS) is 15.9. The number of pyridine rings is 1. The predicted octanol–water partition coefficient (Wildman–Crippen LogP) is 1.83. The SMILES string of the molecule is F[B-](F)(F)c1ccc(/C=C/c2cc[n+](N3CCN(C([S-])[S-])CC3)cc2)cc1.[Au]. The maximum atomic E-state index is 12.6. The van der Waals surface area contributed by atoms with Crippen molar-refractivity contribution < 1.29 is 40.0 Å². The summed E-state index contributed by atoms with van der Waals surface area (Å²) in [6.07, 6.45) is 7.64. The molecule has 0 spiro atoms. The van der Waals surface area contributed by atoms with E-state index in [9.17, 15) is 12.9 Å². The Morgan fingerprint density at radius 1 is 0.857 bits per heavy atom. The van der Waals surface area contributed by atoms with E-state index in [1.54, 1.807) is 6.08 Å². The van der Waals surface area contributed by atoms with Gasteiger partial charge >= 0.3 is 6.98 Å². The summed E-state index contributed by atoms with van der Waals surface area (Å²) >= 11 is 10.2. The second-order valence-corrected chi connectivity index (χ2v) is 7.57. The largest absolute Gasteiger partial charge is 0.800 e. The fourth-order valence-corrected chi connectivity index (χ4v) is 3.32. The van der Waals surface area contributed by atoms with Crippen LogP contribution in [-0.4, -0.2) is 42.8 Å². The van der Waals surface area contributed by atoms with Gasteiger partial charge in [-0.25, -0.2) is 4.71 Å². The molecule has 1 radical (unpaired) electrons. The van der Waals surface area contributed by atoms with Gasteiger partial charge in [0.05, 0.1) is 13.1 Å². The number of halogens is 3. The topological polar surface area (TPSA) is 10.4 Å². The van der Waals surface area contributed by atoms with Crippen molar-refractivity contribution in [2.75, 3.05) is 31.2 Å². The molecule has 2 heterocycles. The van der Waals surface area contributed by atoms with Crippen molar-refractivity contribution in [2.24, 2.45) is 0 Å². The number of nitrogens with zero attached hydrogens (tertiary/aromatic N) is 3. The molecule has 10 heteroatoms. The van der Waals surface area contributed by atoms with Crippen LogP contribution in [0.2, 0.25) is 0 Å². The second kappa shape index (κ2) is 10.3. The van der Waals surface area contributed by atoms with Crippen molar-refractivity contribution in [3.05, 3.63) is 59.9 Å². The maximum absolute atomic E-state index is 12.6. The average Bonchev–Trinajstić information content (AvgIpc) is 2.66. The van der Waals surface area contributed by atoms with E-state index in [4.69, 9.17) is 25.3 Å². The van der Waals surface area contributed by atoms with E-state index in [0.717, 1.165) is 49.4 Å². The molecule has 1 aromatic heterocycles. The summed E-state index contributed by atoms with van der Waals surface area (Å²) in [5.74, 6) is 0. The molecule has 2 aromatic rings. The molecule has 28 heavy (non-hydrogen) atoms. The predicted molar refractivity (Wildman–Crippen MR) is 109 cm³/mol. The van der Waals surface area contributed by atoms with Gasteiger partial charge in [0.15, 0.2) is 12.4 Å². The van der Waals surface area contributed by atoms with Crippen molar-refractivity contribution >= 4 is 49.8 Å². The molecule has 3 rings (SSSR count). The van der Waals surface area contributed by atoms with Gasteiger partial charge in [0.1, 0.15) is 0 Å². The van der Waals surface area contributed by atoms with Crippen LogP contribution in [-0.2, 0) is 47.6 Å². The molecule has 0 saturated carbocycles. The Labute approximate surface area is 190 Å². The molecule has 3 nitrogen and oxygen atoms in total. The van der Waals surface area contributed by atoms with E-state index in [0.29, 0.717) is 0 Å². The average molecular weight is 606 g/mol. The smallest absolute Gasteiger partial charge is 0.509 e. The first-order valence-corrected chi connectivity index (χ1v) is 9.57. The summed E-state index contributed by atoms with van der Waals surface area (Å²) in [4.78, 5) is 2.10. The Morgan fingerprint density at radius 3 is 1.82 bits per heavy atom. The third kappa shape index (κ3) is 6.33. The summed E-state index contributed by atoms with van der Waals surface area (Å²) in [6.45, 7) is -1.53. The van der Waals surface area contributed by atoms with Crippen LogP contribution in [0.3, 0.4) is 0 Å². The zero-order valence-corrected chi connectivity index (χ0v) is 18.6. The molecule has 0 bridgehead atoms. The quantitative estimate of drug-likeness (QED) is 0.292. The minimum atomic E-state index is -4.94. The standard InChI is InChI=1S/C18H21BF3N3S2.Au/c20-19(21,22)17-5-3-15(4-6-17)1-2-16-7-9-24(10-8-16)25-13-11-23(12-14-25)18(26)27;/h1-10,18,26-27H,11-14H2;/p-2/b2-1+;. The molecule has 1 aliphatic rings. The van der Waals surface area contributed by atoms with Crippen LogP contribution < -0.4 is 15.1 Å². The van der Waals surface area contributed by atoms with E-state index >= 15 is 0 Å². The van der Waals surface area contributed by atoms with Crippen LogP contribution in [0.1, 0.15) is 11.1 Å². The minimum absolute atomic E-state index is 0. The van der Waals surface area contributed by atoms with Gasteiger partial charge in [0.2, 0.25) is 0 Å². The van der Waals surface area contributed by atoms with Gasteiger partial charge in [-0.1, -0.05) is 41.1 Å². The number of hydrogen-bond donors (Lipinski definition) is 0. The zero-order valence-electron chi connectivity index (χ0n) is 14.9. The molecule has 0 unspecified atom stereocenters. The first-order valence-electron chi connectivity index (χ1n) is 8.63. The summed E-state index contributed by atoms with van der Waals surface area (Å²) < 4.78 is 39.7. The zero-order chi connectivity index (χ0) is 19.4. The molecule has 1 fully saturated rings. The molecular formula is C18H19AuBF3N3S2-2. The number of rotatable bonds is 5. The van der Waals surface area contributed by atoms with Crippen molar-refractivity contribution in [2.45, 2.75) is 4.71 Å². The molecule has 1 saturated heterocycles. The molecule has 1 aromatic carbocycles. The second-order valence-electron chi connectivity index (χ2n) is 6.38. The van der Waals surface area contributed by atoms with Crippen molar-refractivity contribution in [1.82, 2.24) is 4.90 Å². The van der Waals surface area contributed by atoms with E-state index in [1.807, 2.05) is 35.3 Å². The fourth-order valence-electron chi connectivity index (χ4n) is 2.90. The van der Waals surface area contributed by atoms with Crippen LogP contribution in [0.5, 0.6) is 0 Å². The molecule has 0 amide bonds. The summed E-state index contributed by atoms with van der Waals surface area (Å²) in [5.41, 5.74) is 1.13. The van der Waals surface area contributed by atoms with Gasteiger partial charge in [0, 0.05) is 47.6 Å². The Bertz CT molecular complexity index is 778. The van der Waals surface area contributed by atoms with Gasteiger partial charge < -0.3 is 43.1 Å². The number of hydrogen-bond acceptors (Lipinski definition) is 4.